The molecule has 0 saturated carbocycles. The van der Waals surface area contributed by atoms with Crippen LogP contribution in [0.3, 0.4) is 0 Å². The molecule has 1 saturated heterocycles. The number of fused-ring (bicyclic) bond motifs is 1. The third-order valence-corrected chi connectivity index (χ3v) is 5.56. The van der Waals surface area contributed by atoms with E-state index in [4.69, 9.17) is 25.8 Å². The lowest BCUT2D eigenvalue weighted by atomic mass is 9.93. The van der Waals surface area contributed by atoms with Crippen LogP contribution in [-0.2, 0) is 15.1 Å². The summed E-state index contributed by atoms with van der Waals surface area (Å²) < 4.78 is 19.6. The van der Waals surface area contributed by atoms with Gasteiger partial charge in [-0.25, -0.2) is 0 Å². The molecule has 0 radical (unpaired) electrons. The van der Waals surface area contributed by atoms with Crippen molar-refractivity contribution in [3.8, 4) is 11.5 Å². The van der Waals surface area contributed by atoms with E-state index in [2.05, 4.69) is 10.2 Å². The van der Waals surface area contributed by atoms with Crippen LogP contribution >= 0.6 is 11.6 Å². The maximum absolute atomic E-state index is 6.21. The summed E-state index contributed by atoms with van der Waals surface area (Å²) in [5.41, 5.74) is 1.02. The molecule has 0 amide bonds. The Bertz CT molecular complexity index is 949. The molecule has 6 nitrogen and oxygen atoms in total. The molecule has 142 valence electrons. The second kappa shape index (κ2) is 7.46. The van der Waals surface area contributed by atoms with E-state index in [0.29, 0.717) is 28.8 Å². The minimum absolute atomic E-state index is 0.513. The molecule has 1 aliphatic rings. The van der Waals surface area contributed by atoms with Crippen LogP contribution in [0.1, 0.15) is 30.7 Å². The van der Waals surface area contributed by atoms with Crippen LogP contribution in [0.15, 0.2) is 36.5 Å². The topological polar surface area (TPSA) is 57.9 Å². The summed E-state index contributed by atoms with van der Waals surface area (Å²) in [5, 5.41) is 9.54. The molecule has 1 fully saturated rings. The number of hydrogen-bond acceptors (Lipinski definition) is 5. The van der Waals surface area contributed by atoms with E-state index in [1.165, 1.54) is 0 Å². The molecular formula is C20H22ClN3O3. The zero-order valence-corrected chi connectivity index (χ0v) is 16.2. The average Bonchev–Trinajstić information content (AvgIpc) is 2.98. The first-order valence-electron chi connectivity index (χ1n) is 9.05. The van der Waals surface area contributed by atoms with Gasteiger partial charge >= 0.3 is 0 Å². The zero-order valence-electron chi connectivity index (χ0n) is 15.4. The highest BCUT2D eigenvalue weighted by Gasteiger charge is 2.38. The minimum Gasteiger partial charge on any atom is -0.453 e. The summed E-state index contributed by atoms with van der Waals surface area (Å²) in [4.78, 5) is 0. The van der Waals surface area contributed by atoms with Crippen LogP contribution in [-0.4, -0.2) is 34.9 Å². The molecule has 0 bridgehead atoms. The lowest BCUT2D eigenvalue weighted by Crippen LogP contribution is -2.31. The van der Waals surface area contributed by atoms with Crippen molar-refractivity contribution in [2.45, 2.75) is 31.8 Å². The highest BCUT2D eigenvalue weighted by molar-refractivity contribution is 6.31. The van der Waals surface area contributed by atoms with E-state index in [1.54, 1.807) is 7.11 Å². The van der Waals surface area contributed by atoms with Crippen molar-refractivity contribution in [2.24, 2.45) is 0 Å². The van der Waals surface area contributed by atoms with E-state index in [0.717, 1.165) is 37.3 Å². The molecule has 0 N–H and O–H groups in total. The number of ether oxygens (including phenoxy) is 3. The summed E-state index contributed by atoms with van der Waals surface area (Å²) in [6.45, 7) is 3.31. The van der Waals surface area contributed by atoms with Crippen LogP contribution in [0, 0.1) is 6.92 Å². The summed E-state index contributed by atoms with van der Waals surface area (Å²) >= 11 is 6.21. The van der Waals surface area contributed by atoms with Gasteiger partial charge in [-0.05, 0) is 44.0 Å². The second-order valence-corrected chi connectivity index (χ2v) is 7.13. The monoisotopic (exact) mass is 387 g/mol. The van der Waals surface area contributed by atoms with Gasteiger partial charge in [-0.3, -0.25) is 4.40 Å². The molecule has 7 heteroatoms. The van der Waals surface area contributed by atoms with Gasteiger partial charge in [-0.1, -0.05) is 17.7 Å². The van der Waals surface area contributed by atoms with Gasteiger partial charge in [0.1, 0.15) is 11.4 Å². The maximum Gasteiger partial charge on any atom is 0.204 e. The Balaban J connectivity index is 1.76. The molecular weight excluding hydrogens is 366 g/mol. The molecule has 1 atom stereocenters. The van der Waals surface area contributed by atoms with Gasteiger partial charge in [-0.15, -0.1) is 10.2 Å². The van der Waals surface area contributed by atoms with Gasteiger partial charge in [0.15, 0.2) is 11.6 Å². The van der Waals surface area contributed by atoms with E-state index in [-0.39, 0.29) is 0 Å². The van der Waals surface area contributed by atoms with Crippen molar-refractivity contribution in [3.05, 3.63) is 52.9 Å². The number of hydrogen-bond donors (Lipinski definition) is 0. The van der Waals surface area contributed by atoms with E-state index in [1.807, 2.05) is 47.9 Å². The lowest BCUT2D eigenvalue weighted by Gasteiger charge is -2.28. The van der Waals surface area contributed by atoms with Gasteiger partial charge < -0.3 is 14.2 Å². The fraction of sp³-hybridized carbons (Fsp3) is 0.400. The lowest BCUT2D eigenvalue weighted by molar-refractivity contribution is -0.0389. The number of rotatable bonds is 4. The Labute approximate surface area is 163 Å². The zero-order chi connectivity index (χ0) is 18.9. The first-order valence-corrected chi connectivity index (χ1v) is 9.42. The van der Waals surface area contributed by atoms with E-state index in [9.17, 15) is 0 Å². The van der Waals surface area contributed by atoms with Crippen molar-refractivity contribution in [1.82, 2.24) is 14.6 Å². The third kappa shape index (κ3) is 3.29. The Morgan fingerprint density at radius 3 is 2.81 bits per heavy atom. The number of benzene rings is 1. The second-order valence-electron chi connectivity index (χ2n) is 6.72. The minimum atomic E-state index is -0.513. The van der Waals surface area contributed by atoms with Crippen molar-refractivity contribution in [1.29, 1.82) is 0 Å². The van der Waals surface area contributed by atoms with Crippen LogP contribution < -0.4 is 4.74 Å². The van der Waals surface area contributed by atoms with Gasteiger partial charge in [0, 0.05) is 43.5 Å². The molecule has 0 spiro atoms. The molecule has 1 unspecified atom stereocenters. The van der Waals surface area contributed by atoms with Crippen molar-refractivity contribution in [2.75, 3.05) is 20.3 Å². The van der Waals surface area contributed by atoms with Crippen LogP contribution in [0.5, 0.6) is 11.5 Å². The molecule has 0 aliphatic carbocycles. The van der Waals surface area contributed by atoms with Crippen molar-refractivity contribution in [3.63, 3.8) is 0 Å². The standard InChI is InChI=1S/C20H22ClN3O3/c1-14-15(21)6-3-7-16(14)27-17-8-4-11-24-18(17)22-23-19(24)20(25-2)9-5-12-26-13-10-20/h3-4,6-8,11H,5,9-10,12-13H2,1-2H3. The van der Waals surface area contributed by atoms with Gasteiger partial charge in [0.25, 0.3) is 0 Å². The molecule has 27 heavy (non-hydrogen) atoms. The Kier molecular flexibility index (Phi) is 5.04. The molecule has 4 rings (SSSR count). The number of halogens is 1. The normalized spacial score (nSPS) is 20.6. The smallest absolute Gasteiger partial charge is 0.204 e. The molecule has 3 heterocycles. The average molecular weight is 388 g/mol. The fourth-order valence-electron chi connectivity index (χ4n) is 3.54. The quantitative estimate of drug-likeness (QED) is 0.658. The molecule has 1 aliphatic heterocycles. The summed E-state index contributed by atoms with van der Waals surface area (Å²) in [6, 6.07) is 9.40. The maximum atomic E-state index is 6.21. The first kappa shape index (κ1) is 18.2. The summed E-state index contributed by atoms with van der Waals surface area (Å²) in [6.07, 6.45) is 4.43. The van der Waals surface area contributed by atoms with Gasteiger partial charge in [-0.2, -0.15) is 0 Å². The Morgan fingerprint density at radius 1 is 1.11 bits per heavy atom. The Hall–Kier alpha value is -2.15. The van der Waals surface area contributed by atoms with Crippen LogP contribution in [0.2, 0.25) is 5.02 Å². The van der Waals surface area contributed by atoms with Crippen molar-refractivity contribution < 1.29 is 14.2 Å². The largest absolute Gasteiger partial charge is 0.453 e. The third-order valence-electron chi connectivity index (χ3n) is 5.15. The highest BCUT2D eigenvalue weighted by atomic mass is 35.5. The molecule has 2 aromatic heterocycles. The van der Waals surface area contributed by atoms with Gasteiger partial charge in [0.05, 0.1) is 0 Å². The highest BCUT2D eigenvalue weighted by Crippen LogP contribution is 2.37. The van der Waals surface area contributed by atoms with E-state index < -0.39 is 5.60 Å². The summed E-state index contributed by atoms with van der Waals surface area (Å²) in [5.74, 6) is 2.10. The number of nitrogens with zero attached hydrogens (tertiary/aromatic N) is 3. The predicted molar refractivity (Wildman–Crippen MR) is 103 cm³/mol. The SMILES string of the molecule is COC1(c2nnc3c(Oc4cccc(Cl)c4C)cccn23)CCCOCC1. The number of methoxy groups -OCH3 is 1. The van der Waals surface area contributed by atoms with Gasteiger partial charge in [0.2, 0.25) is 5.65 Å². The molecule has 3 aromatic rings. The first-order chi connectivity index (χ1) is 13.1. The summed E-state index contributed by atoms with van der Waals surface area (Å²) in [7, 11) is 1.72. The predicted octanol–water partition coefficient (Wildman–Crippen LogP) is 4.53. The fourth-order valence-corrected chi connectivity index (χ4v) is 3.71. The number of pyridine rings is 1. The number of aromatic nitrogens is 3. The van der Waals surface area contributed by atoms with Crippen LogP contribution in [0.25, 0.3) is 5.65 Å². The molecule has 1 aromatic carbocycles. The van der Waals surface area contributed by atoms with E-state index >= 15 is 0 Å². The van der Waals surface area contributed by atoms with Crippen molar-refractivity contribution >= 4 is 17.2 Å². The Morgan fingerprint density at radius 2 is 1.96 bits per heavy atom. The van der Waals surface area contributed by atoms with Crippen LogP contribution in [0.4, 0.5) is 0 Å².